The molecule has 0 aromatic heterocycles. The van der Waals surface area contributed by atoms with Crippen LogP contribution in [0.25, 0.3) is 0 Å². The number of piperidine rings is 1. The van der Waals surface area contributed by atoms with Crippen molar-refractivity contribution >= 4 is 6.09 Å². The van der Waals surface area contributed by atoms with Gasteiger partial charge in [0.1, 0.15) is 5.60 Å². The molecule has 0 spiro atoms. The summed E-state index contributed by atoms with van der Waals surface area (Å²) in [5, 5.41) is 6.80. The van der Waals surface area contributed by atoms with Gasteiger partial charge >= 0.3 is 6.09 Å². The maximum atomic E-state index is 12.0. The molecule has 1 heterocycles. The Labute approximate surface area is 135 Å². The number of rotatable bonds is 4. The van der Waals surface area contributed by atoms with Gasteiger partial charge in [-0.05, 0) is 73.4 Å². The number of hydrogen-bond donors (Lipinski definition) is 2. The number of likely N-dealkylation sites (tertiary alicyclic amines) is 1. The fraction of sp³-hybridized carbons (Fsp3) is 0.941. The van der Waals surface area contributed by atoms with Crippen LogP contribution in [0.2, 0.25) is 0 Å². The fourth-order valence-electron chi connectivity index (χ4n) is 3.28. The van der Waals surface area contributed by atoms with E-state index in [4.69, 9.17) is 4.74 Å². The summed E-state index contributed by atoms with van der Waals surface area (Å²) in [6.07, 6.45) is 5.35. The highest BCUT2D eigenvalue weighted by atomic mass is 16.6. The lowest BCUT2D eigenvalue weighted by molar-refractivity contribution is 0.0372. The highest BCUT2D eigenvalue weighted by molar-refractivity contribution is 5.69. The van der Waals surface area contributed by atoms with Crippen LogP contribution in [-0.2, 0) is 4.74 Å². The van der Waals surface area contributed by atoms with Gasteiger partial charge in [-0.25, -0.2) is 4.79 Å². The number of nitrogens with zero attached hydrogens (tertiary/aromatic N) is 1. The Morgan fingerprint density at radius 2 is 2.05 bits per heavy atom. The molecule has 1 saturated heterocycles. The van der Waals surface area contributed by atoms with Gasteiger partial charge in [0.15, 0.2) is 0 Å². The Balaban J connectivity index is 1.80. The molecule has 2 rings (SSSR count). The standard InChI is InChI=1S/C17H33N3O2/c1-13-11-14(7-10-20(13)5)18-12-17(8-6-9-17)19-15(21)22-16(2,3)4/h13-14,18H,6-12H2,1-5H3,(H,19,21). The van der Waals surface area contributed by atoms with E-state index in [1.54, 1.807) is 0 Å². The van der Waals surface area contributed by atoms with Crippen LogP contribution in [0.5, 0.6) is 0 Å². The molecule has 128 valence electrons. The lowest BCUT2D eigenvalue weighted by Gasteiger charge is -2.44. The SMILES string of the molecule is CC1CC(NCC2(NC(=O)OC(C)(C)C)CCC2)CCN1C. The number of hydrogen-bond acceptors (Lipinski definition) is 4. The summed E-state index contributed by atoms with van der Waals surface area (Å²) in [6, 6.07) is 1.19. The molecule has 1 aliphatic carbocycles. The van der Waals surface area contributed by atoms with Crippen molar-refractivity contribution in [3.8, 4) is 0 Å². The third-order valence-electron chi connectivity index (χ3n) is 5.01. The molecule has 0 radical (unpaired) electrons. The van der Waals surface area contributed by atoms with Gasteiger partial charge in [-0.15, -0.1) is 0 Å². The van der Waals surface area contributed by atoms with Crippen LogP contribution in [0.3, 0.4) is 0 Å². The molecular weight excluding hydrogens is 278 g/mol. The Bertz CT molecular complexity index is 388. The molecule has 1 amide bonds. The van der Waals surface area contributed by atoms with E-state index >= 15 is 0 Å². The van der Waals surface area contributed by atoms with Crippen molar-refractivity contribution in [1.29, 1.82) is 0 Å². The molecule has 22 heavy (non-hydrogen) atoms. The van der Waals surface area contributed by atoms with Crippen molar-refractivity contribution < 1.29 is 9.53 Å². The van der Waals surface area contributed by atoms with E-state index in [2.05, 4.69) is 29.5 Å². The van der Waals surface area contributed by atoms with Gasteiger partial charge in [0.2, 0.25) is 0 Å². The van der Waals surface area contributed by atoms with Crippen LogP contribution < -0.4 is 10.6 Å². The first-order chi connectivity index (χ1) is 10.2. The zero-order valence-electron chi connectivity index (χ0n) is 14.9. The zero-order chi connectivity index (χ0) is 16.4. The molecule has 1 saturated carbocycles. The van der Waals surface area contributed by atoms with E-state index < -0.39 is 5.60 Å². The van der Waals surface area contributed by atoms with Crippen LogP contribution in [-0.4, -0.2) is 54.4 Å². The Kier molecular flexibility index (Phi) is 5.38. The van der Waals surface area contributed by atoms with Gasteiger partial charge in [-0.1, -0.05) is 0 Å². The molecule has 0 bridgehead atoms. The predicted octanol–water partition coefficient (Wildman–Crippen LogP) is 2.51. The van der Waals surface area contributed by atoms with Crippen molar-refractivity contribution in [1.82, 2.24) is 15.5 Å². The molecule has 2 fully saturated rings. The lowest BCUT2D eigenvalue weighted by atomic mass is 9.76. The van der Waals surface area contributed by atoms with Crippen LogP contribution in [0, 0.1) is 0 Å². The van der Waals surface area contributed by atoms with Crippen molar-refractivity contribution in [3.63, 3.8) is 0 Å². The molecule has 2 N–H and O–H groups in total. The normalized spacial score (nSPS) is 28.8. The summed E-state index contributed by atoms with van der Waals surface area (Å²) in [5.74, 6) is 0. The summed E-state index contributed by atoms with van der Waals surface area (Å²) in [4.78, 5) is 14.5. The first-order valence-corrected chi connectivity index (χ1v) is 8.64. The van der Waals surface area contributed by atoms with Crippen LogP contribution >= 0.6 is 0 Å². The largest absolute Gasteiger partial charge is 0.444 e. The number of alkyl carbamates (subject to hydrolysis) is 1. The maximum absolute atomic E-state index is 12.0. The molecule has 2 atom stereocenters. The molecule has 5 nitrogen and oxygen atoms in total. The summed E-state index contributed by atoms with van der Waals surface area (Å²) in [5.41, 5.74) is -0.541. The molecule has 2 aliphatic rings. The topological polar surface area (TPSA) is 53.6 Å². The monoisotopic (exact) mass is 311 g/mol. The average molecular weight is 311 g/mol. The quantitative estimate of drug-likeness (QED) is 0.837. The van der Waals surface area contributed by atoms with Crippen molar-refractivity contribution in [2.45, 2.75) is 83.0 Å². The Morgan fingerprint density at radius 3 is 2.55 bits per heavy atom. The van der Waals surface area contributed by atoms with Gasteiger partial charge < -0.3 is 20.3 Å². The highest BCUT2D eigenvalue weighted by Crippen LogP contribution is 2.32. The van der Waals surface area contributed by atoms with Gasteiger partial charge in [-0.3, -0.25) is 0 Å². The van der Waals surface area contributed by atoms with E-state index in [1.807, 2.05) is 20.8 Å². The number of ether oxygens (including phenoxy) is 1. The summed E-state index contributed by atoms with van der Waals surface area (Å²) in [7, 11) is 2.19. The lowest BCUT2D eigenvalue weighted by Crippen LogP contribution is -2.61. The first kappa shape index (κ1) is 17.5. The van der Waals surface area contributed by atoms with Gasteiger partial charge in [0.05, 0.1) is 5.54 Å². The van der Waals surface area contributed by atoms with E-state index in [-0.39, 0.29) is 11.6 Å². The van der Waals surface area contributed by atoms with Crippen molar-refractivity contribution in [2.75, 3.05) is 20.1 Å². The van der Waals surface area contributed by atoms with Crippen LogP contribution in [0.4, 0.5) is 4.79 Å². The molecule has 1 aliphatic heterocycles. The molecule has 2 unspecified atom stereocenters. The Hall–Kier alpha value is -0.810. The number of carbonyl (C=O) groups is 1. The summed E-state index contributed by atoms with van der Waals surface area (Å²) >= 11 is 0. The zero-order valence-corrected chi connectivity index (χ0v) is 14.9. The molecule has 0 aromatic rings. The highest BCUT2D eigenvalue weighted by Gasteiger charge is 2.40. The maximum Gasteiger partial charge on any atom is 0.408 e. The minimum atomic E-state index is -0.439. The Morgan fingerprint density at radius 1 is 1.36 bits per heavy atom. The fourth-order valence-corrected chi connectivity index (χ4v) is 3.28. The van der Waals surface area contributed by atoms with Crippen LogP contribution in [0.1, 0.15) is 59.8 Å². The van der Waals surface area contributed by atoms with E-state index in [1.165, 1.54) is 19.3 Å². The van der Waals surface area contributed by atoms with E-state index in [9.17, 15) is 4.79 Å². The predicted molar refractivity (Wildman–Crippen MR) is 89.1 cm³/mol. The number of nitrogens with one attached hydrogen (secondary N) is 2. The number of carbonyl (C=O) groups excluding carboxylic acids is 1. The number of amides is 1. The van der Waals surface area contributed by atoms with Gasteiger partial charge in [0, 0.05) is 18.6 Å². The van der Waals surface area contributed by atoms with Gasteiger partial charge in [0.25, 0.3) is 0 Å². The third kappa shape index (κ3) is 4.85. The smallest absolute Gasteiger partial charge is 0.408 e. The molecule has 0 aromatic carbocycles. The minimum absolute atomic E-state index is 0.102. The van der Waals surface area contributed by atoms with Crippen molar-refractivity contribution in [2.24, 2.45) is 0 Å². The van der Waals surface area contributed by atoms with Gasteiger partial charge in [-0.2, -0.15) is 0 Å². The second-order valence-corrected chi connectivity index (χ2v) is 8.19. The third-order valence-corrected chi connectivity index (χ3v) is 5.01. The summed E-state index contributed by atoms with van der Waals surface area (Å²) in [6.45, 7) is 9.99. The van der Waals surface area contributed by atoms with E-state index in [0.29, 0.717) is 12.1 Å². The van der Waals surface area contributed by atoms with Crippen LogP contribution in [0.15, 0.2) is 0 Å². The molecular formula is C17H33N3O2. The van der Waals surface area contributed by atoms with Crippen molar-refractivity contribution in [3.05, 3.63) is 0 Å². The second-order valence-electron chi connectivity index (χ2n) is 8.19. The van der Waals surface area contributed by atoms with E-state index in [0.717, 1.165) is 25.9 Å². The summed E-state index contributed by atoms with van der Waals surface area (Å²) < 4.78 is 5.41. The second kappa shape index (κ2) is 6.75. The first-order valence-electron chi connectivity index (χ1n) is 8.64. The molecule has 5 heteroatoms. The average Bonchev–Trinajstić information content (AvgIpc) is 2.34. The minimum Gasteiger partial charge on any atom is -0.444 e.